The first-order chi connectivity index (χ1) is 15.2. The van der Waals surface area contributed by atoms with E-state index in [0.29, 0.717) is 34.2 Å². The summed E-state index contributed by atoms with van der Waals surface area (Å²) < 4.78 is 44.9. The molecule has 33 heavy (non-hydrogen) atoms. The molecule has 2 rings (SSSR count). The SMILES string of the molecule is CC#Cc1c(OCOCC[Si](C)(C)C)cc(Cl)c[n+]1N.Cc1cc(C)c(S(=O)(=O)[O-])c(C)c1. The average molecular weight is 513 g/mol. The first-order valence-electron chi connectivity index (χ1n) is 10.3. The molecule has 0 radical (unpaired) electrons. The second-order valence-corrected chi connectivity index (χ2v) is 16.2. The topological polar surface area (TPSA) is 106 Å². The molecule has 1 heterocycles. The van der Waals surface area contributed by atoms with Gasteiger partial charge in [-0.25, -0.2) is 14.3 Å². The number of pyridine rings is 1. The first-order valence-corrected chi connectivity index (χ1v) is 15.8. The van der Waals surface area contributed by atoms with Crippen LogP contribution in [0.2, 0.25) is 30.7 Å². The highest BCUT2D eigenvalue weighted by Crippen LogP contribution is 2.21. The third-order valence-corrected chi connectivity index (χ3v) is 7.47. The zero-order valence-electron chi connectivity index (χ0n) is 20.3. The van der Waals surface area contributed by atoms with Crippen molar-refractivity contribution in [1.29, 1.82) is 0 Å². The highest BCUT2D eigenvalue weighted by atomic mass is 35.5. The van der Waals surface area contributed by atoms with Gasteiger partial charge in [-0.2, -0.15) is 0 Å². The molecule has 0 unspecified atom stereocenters. The Bertz CT molecular complexity index is 1110. The number of aryl methyl sites for hydroxylation is 3. The van der Waals surface area contributed by atoms with Crippen molar-refractivity contribution in [2.45, 2.75) is 58.3 Å². The smallest absolute Gasteiger partial charge is 0.327 e. The van der Waals surface area contributed by atoms with Crippen LogP contribution in [-0.4, -0.2) is 34.4 Å². The minimum absolute atomic E-state index is 0.0851. The van der Waals surface area contributed by atoms with E-state index in [9.17, 15) is 13.0 Å². The van der Waals surface area contributed by atoms with Crippen LogP contribution in [0.4, 0.5) is 0 Å². The van der Waals surface area contributed by atoms with Crippen LogP contribution >= 0.6 is 11.6 Å². The van der Waals surface area contributed by atoms with Crippen LogP contribution in [-0.2, 0) is 14.9 Å². The molecule has 2 N–H and O–H groups in total. The fraction of sp³-hybridized carbons (Fsp3) is 0.435. The van der Waals surface area contributed by atoms with E-state index in [4.69, 9.17) is 26.9 Å². The Morgan fingerprint density at radius 1 is 1.15 bits per heavy atom. The molecular weight excluding hydrogens is 480 g/mol. The van der Waals surface area contributed by atoms with Gasteiger partial charge >= 0.3 is 5.69 Å². The third kappa shape index (κ3) is 10.1. The zero-order chi connectivity index (χ0) is 25.4. The number of hydrogen-bond donors (Lipinski definition) is 1. The van der Waals surface area contributed by atoms with Gasteiger partial charge < -0.3 is 14.0 Å². The molecule has 0 aliphatic heterocycles. The maximum absolute atomic E-state index is 10.8. The van der Waals surface area contributed by atoms with Crippen molar-refractivity contribution in [3.63, 3.8) is 0 Å². The number of nitrogens with zero attached hydrogens (tertiary/aromatic N) is 1. The van der Waals surface area contributed by atoms with Crippen molar-refractivity contribution in [3.05, 3.63) is 51.8 Å². The van der Waals surface area contributed by atoms with Crippen molar-refractivity contribution in [2.75, 3.05) is 19.2 Å². The summed E-state index contributed by atoms with van der Waals surface area (Å²) in [6.07, 6.45) is 1.58. The summed E-state index contributed by atoms with van der Waals surface area (Å²) in [6.45, 7) is 14.7. The van der Waals surface area contributed by atoms with Gasteiger partial charge in [0.1, 0.15) is 15.1 Å². The highest BCUT2D eigenvalue weighted by molar-refractivity contribution is 7.85. The Morgan fingerprint density at radius 3 is 2.21 bits per heavy atom. The van der Waals surface area contributed by atoms with Gasteiger partial charge in [-0.05, 0) is 44.9 Å². The van der Waals surface area contributed by atoms with E-state index in [0.717, 1.165) is 11.6 Å². The van der Waals surface area contributed by atoms with Crippen LogP contribution in [0.15, 0.2) is 29.3 Å². The van der Waals surface area contributed by atoms with Gasteiger partial charge in [0.2, 0.25) is 11.9 Å². The summed E-state index contributed by atoms with van der Waals surface area (Å²) in [5, 5.41) is 0.492. The first kappa shape index (κ1) is 28.9. The second-order valence-electron chi connectivity index (χ2n) is 8.82. The lowest BCUT2D eigenvalue weighted by atomic mass is 10.1. The third-order valence-electron chi connectivity index (χ3n) is 4.42. The molecule has 7 nitrogen and oxygen atoms in total. The van der Waals surface area contributed by atoms with Gasteiger partial charge in [0.05, 0.1) is 4.90 Å². The maximum Gasteiger partial charge on any atom is 0.327 e. The van der Waals surface area contributed by atoms with Gasteiger partial charge in [-0.3, -0.25) is 0 Å². The van der Waals surface area contributed by atoms with E-state index in [2.05, 4.69) is 31.5 Å². The number of rotatable bonds is 7. The largest absolute Gasteiger partial charge is 0.744 e. The van der Waals surface area contributed by atoms with Crippen LogP contribution in [0.25, 0.3) is 0 Å². The predicted octanol–water partition coefficient (Wildman–Crippen LogP) is 3.92. The number of ether oxygens (including phenoxy) is 2. The van der Waals surface area contributed by atoms with Crippen molar-refractivity contribution in [3.8, 4) is 17.6 Å². The van der Waals surface area contributed by atoms with Crippen molar-refractivity contribution >= 4 is 29.8 Å². The molecule has 1 aromatic carbocycles. The molecule has 0 saturated heterocycles. The summed E-state index contributed by atoms with van der Waals surface area (Å²) in [4.78, 5) is -0.0851. The highest BCUT2D eigenvalue weighted by Gasteiger charge is 2.17. The summed E-state index contributed by atoms with van der Waals surface area (Å²) in [6, 6.07) is 6.17. The zero-order valence-corrected chi connectivity index (χ0v) is 22.9. The lowest BCUT2D eigenvalue weighted by Gasteiger charge is -2.15. The Kier molecular flexibility index (Phi) is 10.9. The van der Waals surface area contributed by atoms with E-state index < -0.39 is 18.2 Å². The molecule has 0 spiro atoms. The Morgan fingerprint density at radius 2 is 1.73 bits per heavy atom. The quantitative estimate of drug-likeness (QED) is 0.115. The van der Waals surface area contributed by atoms with Gasteiger partial charge in [-0.15, -0.1) is 0 Å². The molecule has 0 fully saturated rings. The van der Waals surface area contributed by atoms with Crippen LogP contribution in [0.3, 0.4) is 0 Å². The monoisotopic (exact) mass is 512 g/mol. The van der Waals surface area contributed by atoms with Crippen LogP contribution in [0.1, 0.15) is 29.3 Å². The molecule has 0 atom stereocenters. The number of halogens is 1. The number of aromatic nitrogens is 1. The van der Waals surface area contributed by atoms with E-state index in [1.165, 1.54) is 4.68 Å². The van der Waals surface area contributed by atoms with E-state index >= 15 is 0 Å². The molecule has 2 aromatic rings. The van der Waals surface area contributed by atoms with Crippen molar-refractivity contribution in [2.24, 2.45) is 0 Å². The number of hydrogen-bond acceptors (Lipinski definition) is 6. The molecular formula is C23H33ClN2O5SSi. The molecule has 0 aliphatic carbocycles. The van der Waals surface area contributed by atoms with E-state index in [-0.39, 0.29) is 11.7 Å². The normalized spacial score (nSPS) is 11.2. The minimum Gasteiger partial charge on any atom is -0.744 e. The molecule has 0 saturated carbocycles. The van der Waals surface area contributed by atoms with E-state index in [1.54, 1.807) is 45.2 Å². The standard InChI is InChI=1S/C14H22ClN2O2Si.C9H12O3S/c1-5-6-13-14(9-12(15)10-17(13)16)19-11-18-7-8-20(2,3)4;1-6-4-7(2)9(8(3)5-6)13(10,11)12/h9-10H,7-8,11,16H2,1-4H3;4-5H,1-3H3,(H,10,11,12)/q+1;/p-1. The van der Waals surface area contributed by atoms with Gasteiger partial charge in [0.15, 0.2) is 6.79 Å². The minimum atomic E-state index is -4.33. The van der Waals surface area contributed by atoms with Crippen LogP contribution in [0.5, 0.6) is 5.75 Å². The molecule has 182 valence electrons. The fourth-order valence-electron chi connectivity index (χ4n) is 3.01. The Balaban J connectivity index is 0.000000361. The molecule has 10 heteroatoms. The van der Waals surface area contributed by atoms with Crippen molar-refractivity contribution in [1.82, 2.24) is 0 Å². The van der Waals surface area contributed by atoms with Gasteiger partial charge in [0.25, 0.3) is 0 Å². The van der Waals surface area contributed by atoms with Crippen molar-refractivity contribution < 1.29 is 27.1 Å². The lowest BCUT2D eigenvalue weighted by Crippen LogP contribution is -2.47. The number of benzene rings is 1. The summed E-state index contributed by atoms with van der Waals surface area (Å²) >= 11 is 5.96. The summed E-state index contributed by atoms with van der Waals surface area (Å²) in [5.41, 5.74) is 2.58. The molecule has 1 aromatic heterocycles. The summed E-state index contributed by atoms with van der Waals surface area (Å²) in [5.74, 6) is 12.0. The molecule has 0 amide bonds. The van der Waals surface area contributed by atoms with Crippen LogP contribution in [0, 0.1) is 32.6 Å². The summed E-state index contributed by atoms with van der Waals surface area (Å²) in [7, 11) is -5.41. The van der Waals surface area contributed by atoms with E-state index in [1.807, 2.05) is 6.92 Å². The second kappa shape index (κ2) is 12.4. The molecule has 0 aliphatic rings. The Labute approximate surface area is 203 Å². The molecule has 0 bridgehead atoms. The Hall–Kier alpha value is -2.09. The maximum atomic E-state index is 10.8. The fourth-order valence-corrected chi connectivity index (χ4v) is 4.88. The number of nitrogens with two attached hydrogens (primary N) is 1. The number of nitrogen functional groups attached to an aromatic ring is 1. The lowest BCUT2D eigenvalue weighted by molar-refractivity contribution is -0.641. The predicted molar refractivity (Wildman–Crippen MR) is 133 cm³/mol. The van der Waals surface area contributed by atoms with Gasteiger partial charge in [-0.1, -0.05) is 59.5 Å². The van der Waals surface area contributed by atoms with Gasteiger partial charge in [0, 0.05) is 26.7 Å². The van der Waals surface area contributed by atoms with Crippen LogP contribution < -0.4 is 15.3 Å². The average Bonchev–Trinajstić information content (AvgIpc) is 2.61.